The van der Waals surface area contributed by atoms with Crippen LogP contribution in [0.3, 0.4) is 0 Å². The number of morpholine rings is 1. The zero-order valence-corrected chi connectivity index (χ0v) is 13.4. The van der Waals surface area contributed by atoms with Gasteiger partial charge in [0.25, 0.3) is 5.69 Å². The van der Waals surface area contributed by atoms with Crippen LogP contribution in [0.4, 0.5) is 11.4 Å². The molecule has 0 spiro atoms. The van der Waals surface area contributed by atoms with E-state index in [9.17, 15) is 10.1 Å². The van der Waals surface area contributed by atoms with Crippen LogP contribution in [0, 0.1) is 10.1 Å². The fraction of sp³-hybridized carbons (Fsp3) is 0.600. The van der Waals surface area contributed by atoms with Crippen LogP contribution in [0.1, 0.15) is 31.2 Å². The first-order valence-corrected chi connectivity index (χ1v) is 8.54. The number of fused-ring (bicyclic) bond motifs is 1. The van der Waals surface area contributed by atoms with Gasteiger partial charge >= 0.3 is 0 Å². The SMILES string of the molecule is O=[N+]([O-])c1ccc(N2CCOC3CCCCC32)c(CBr)c1. The summed E-state index contributed by atoms with van der Waals surface area (Å²) in [6, 6.07) is 5.59. The average molecular weight is 355 g/mol. The molecule has 1 saturated heterocycles. The lowest BCUT2D eigenvalue weighted by atomic mass is 9.89. The van der Waals surface area contributed by atoms with Gasteiger partial charge in [-0.2, -0.15) is 0 Å². The molecule has 2 atom stereocenters. The van der Waals surface area contributed by atoms with Crippen molar-refractivity contribution >= 4 is 27.3 Å². The van der Waals surface area contributed by atoms with Crippen LogP contribution in [0.2, 0.25) is 0 Å². The molecule has 0 amide bonds. The van der Waals surface area contributed by atoms with Gasteiger partial charge in [0.05, 0.1) is 23.7 Å². The number of rotatable bonds is 3. The Morgan fingerprint density at radius 3 is 2.95 bits per heavy atom. The summed E-state index contributed by atoms with van der Waals surface area (Å²) in [6.45, 7) is 1.60. The van der Waals surface area contributed by atoms with Crippen molar-refractivity contribution in [2.45, 2.75) is 43.2 Å². The van der Waals surface area contributed by atoms with Crippen molar-refractivity contribution in [2.24, 2.45) is 0 Å². The van der Waals surface area contributed by atoms with E-state index < -0.39 is 0 Å². The normalized spacial score (nSPS) is 25.5. The van der Waals surface area contributed by atoms with Gasteiger partial charge in [0, 0.05) is 29.7 Å². The lowest BCUT2D eigenvalue weighted by Gasteiger charge is -2.45. The summed E-state index contributed by atoms with van der Waals surface area (Å²) in [5.41, 5.74) is 2.25. The summed E-state index contributed by atoms with van der Waals surface area (Å²) in [4.78, 5) is 13.0. The first-order valence-electron chi connectivity index (χ1n) is 7.42. The maximum atomic E-state index is 10.9. The third-order valence-corrected chi connectivity index (χ3v) is 5.06. The topological polar surface area (TPSA) is 55.6 Å². The van der Waals surface area contributed by atoms with Gasteiger partial charge in [-0.3, -0.25) is 10.1 Å². The lowest BCUT2D eigenvalue weighted by molar-refractivity contribution is -0.384. The molecule has 2 fully saturated rings. The standard InChI is InChI=1S/C15H19BrN2O3/c16-10-11-9-12(18(19)20)5-6-13(11)17-7-8-21-15-4-2-1-3-14(15)17/h5-6,9,14-15H,1-4,7-8,10H2. The second-order valence-corrected chi connectivity index (χ2v) is 6.22. The minimum absolute atomic E-state index is 0.154. The molecule has 2 unspecified atom stereocenters. The summed E-state index contributed by atoms with van der Waals surface area (Å²) in [7, 11) is 0. The summed E-state index contributed by atoms with van der Waals surface area (Å²) >= 11 is 3.47. The van der Waals surface area contributed by atoms with Crippen LogP contribution >= 0.6 is 15.9 Å². The van der Waals surface area contributed by atoms with E-state index in [2.05, 4.69) is 20.8 Å². The van der Waals surface area contributed by atoms with Crippen LogP contribution in [0.5, 0.6) is 0 Å². The van der Waals surface area contributed by atoms with E-state index in [4.69, 9.17) is 4.74 Å². The molecule has 21 heavy (non-hydrogen) atoms. The van der Waals surface area contributed by atoms with E-state index in [0.29, 0.717) is 17.5 Å². The van der Waals surface area contributed by atoms with Crippen LogP contribution in [0.15, 0.2) is 18.2 Å². The molecule has 0 aromatic heterocycles. The minimum atomic E-state index is -0.335. The first kappa shape index (κ1) is 14.8. The van der Waals surface area contributed by atoms with E-state index in [1.807, 2.05) is 6.07 Å². The molecule has 6 heteroatoms. The molecule has 0 bridgehead atoms. The maximum absolute atomic E-state index is 10.9. The van der Waals surface area contributed by atoms with Gasteiger partial charge < -0.3 is 9.64 Å². The summed E-state index contributed by atoms with van der Waals surface area (Å²) < 4.78 is 5.91. The van der Waals surface area contributed by atoms with Crippen LogP contribution in [-0.4, -0.2) is 30.2 Å². The Morgan fingerprint density at radius 2 is 2.19 bits per heavy atom. The molecule has 1 heterocycles. The van der Waals surface area contributed by atoms with Crippen molar-refractivity contribution in [1.82, 2.24) is 0 Å². The molecule has 3 rings (SSSR count). The van der Waals surface area contributed by atoms with Gasteiger partial charge in [0.1, 0.15) is 0 Å². The molecule has 5 nitrogen and oxygen atoms in total. The second-order valence-electron chi connectivity index (χ2n) is 5.66. The van der Waals surface area contributed by atoms with E-state index in [-0.39, 0.29) is 10.6 Å². The second kappa shape index (κ2) is 6.32. The van der Waals surface area contributed by atoms with Gasteiger partial charge in [-0.15, -0.1) is 0 Å². The highest BCUT2D eigenvalue weighted by molar-refractivity contribution is 9.08. The summed E-state index contributed by atoms with van der Waals surface area (Å²) in [5, 5.41) is 11.6. The predicted molar refractivity (Wildman–Crippen MR) is 85.1 cm³/mol. The molecule has 114 valence electrons. The molecule has 0 N–H and O–H groups in total. The van der Waals surface area contributed by atoms with E-state index in [1.54, 1.807) is 12.1 Å². The Morgan fingerprint density at radius 1 is 1.38 bits per heavy atom. The summed E-state index contributed by atoms with van der Waals surface area (Å²) in [5.74, 6) is 0. The predicted octanol–water partition coefficient (Wildman–Crippen LogP) is 3.64. The third-order valence-electron chi connectivity index (χ3n) is 4.46. The number of alkyl halides is 1. The third kappa shape index (κ3) is 2.92. The quantitative estimate of drug-likeness (QED) is 0.472. The molecule has 1 saturated carbocycles. The Kier molecular flexibility index (Phi) is 4.45. The van der Waals surface area contributed by atoms with E-state index in [1.165, 1.54) is 12.8 Å². The zero-order valence-electron chi connectivity index (χ0n) is 11.8. The molecular weight excluding hydrogens is 336 g/mol. The van der Waals surface area contributed by atoms with Gasteiger partial charge in [-0.1, -0.05) is 28.8 Å². The number of ether oxygens (including phenoxy) is 1. The molecule has 2 aliphatic rings. The zero-order chi connectivity index (χ0) is 14.8. The Labute approximate surface area is 132 Å². The molecule has 1 aromatic carbocycles. The highest BCUT2D eigenvalue weighted by Gasteiger charge is 2.35. The molecule has 1 aromatic rings. The molecule has 0 radical (unpaired) electrons. The number of nitro groups is 1. The Hall–Kier alpha value is -1.14. The highest BCUT2D eigenvalue weighted by atomic mass is 79.9. The number of hydrogen-bond acceptors (Lipinski definition) is 4. The van der Waals surface area contributed by atoms with Gasteiger partial charge in [-0.05, 0) is 24.5 Å². The fourth-order valence-corrected chi connectivity index (χ4v) is 3.92. The summed E-state index contributed by atoms with van der Waals surface area (Å²) in [6.07, 6.45) is 5.05. The number of nitro benzene ring substituents is 1. The van der Waals surface area contributed by atoms with Crippen LogP contribution in [0.25, 0.3) is 0 Å². The average Bonchev–Trinajstić information content (AvgIpc) is 2.53. The van der Waals surface area contributed by atoms with Crippen molar-refractivity contribution in [3.05, 3.63) is 33.9 Å². The number of hydrogen-bond donors (Lipinski definition) is 0. The van der Waals surface area contributed by atoms with E-state index >= 15 is 0 Å². The largest absolute Gasteiger partial charge is 0.374 e. The number of non-ortho nitro benzene ring substituents is 1. The highest BCUT2D eigenvalue weighted by Crippen LogP contribution is 2.35. The monoisotopic (exact) mass is 354 g/mol. The lowest BCUT2D eigenvalue weighted by Crippen LogP contribution is -2.53. The van der Waals surface area contributed by atoms with Crippen LogP contribution in [-0.2, 0) is 10.1 Å². The van der Waals surface area contributed by atoms with Gasteiger partial charge in [-0.25, -0.2) is 0 Å². The van der Waals surface area contributed by atoms with Crippen molar-refractivity contribution in [2.75, 3.05) is 18.1 Å². The number of nitrogens with zero attached hydrogens (tertiary/aromatic N) is 2. The van der Waals surface area contributed by atoms with Crippen molar-refractivity contribution in [3.8, 4) is 0 Å². The smallest absolute Gasteiger partial charge is 0.269 e. The van der Waals surface area contributed by atoms with Gasteiger partial charge in [0.15, 0.2) is 0 Å². The Bertz CT molecular complexity index is 536. The number of benzene rings is 1. The van der Waals surface area contributed by atoms with Crippen molar-refractivity contribution in [3.63, 3.8) is 0 Å². The molecule has 1 aliphatic carbocycles. The number of halogens is 1. The molecular formula is C15H19BrN2O3. The van der Waals surface area contributed by atoms with Crippen LogP contribution < -0.4 is 4.90 Å². The fourth-order valence-electron chi connectivity index (χ4n) is 3.47. The minimum Gasteiger partial charge on any atom is -0.374 e. The Balaban J connectivity index is 1.92. The first-order chi connectivity index (χ1) is 10.2. The van der Waals surface area contributed by atoms with E-state index in [0.717, 1.165) is 37.2 Å². The molecule has 1 aliphatic heterocycles. The van der Waals surface area contributed by atoms with Crippen molar-refractivity contribution < 1.29 is 9.66 Å². The van der Waals surface area contributed by atoms with Gasteiger partial charge in [0.2, 0.25) is 0 Å². The number of anilines is 1. The van der Waals surface area contributed by atoms with Crippen molar-refractivity contribution in [1.29, 1.82) is 0 Å². The maximum Gasteiger partial charge on any atom is 0.269 e.